The number of hydrogen-bond donors (Lipinski definition) is 1. The van der Waals surface area contributed by atoms with E-state index in [1.54, 1.807) is 72.7 Å². The number of anilines is 1. The SMILES string of the molecule is COc1ccc(OCn2ccc(C(=O)Nc3nn(Cc4c(Cl)cccc4Cl)cc3Cl)n2)cc1. The molecular weight excluding hydrogens is 489 g/mol. The lowest BCUT2D eigenvalue weighted by Crippen LogP contribution is -2.15. The second-order valence-corrected chi connectivity index (χ2v) is 8.09. The first-order valence-electron chi connectivity index (χ1n) is 9.70. The molecule has 0 unspecified atom stereocenters. The van der Waals surface area contributed by atoms with Crippen LogP contribution in [-0.2, 0) is 13.3 Å². The highest BCUT2D eigenvalue weighted by molar-refractivity contribution is 6.36. The Kier molecular flexibility index (Phi) is 7.08. The average Bonchev–Trinajstić information content (AvgIpc) is 3.42. The van der Waals surface area contributed by atoms with Gasteiger partial charge in [-0.15, -0.1) is 0 Å². The molecule has 1 amide bonds. The Morgan fingerprint density at radius 1 is 0.939 bits per heavy atom. The van der Waals surface area contributed by atoms with Crippen LogP contribution in [0.3, 0.4) is 0 Å². The van der Waals surface area contributed by atoms with Crippen LogP contribution in [-0.4, -0.2) is 32.6 Å². The molecule has 4 aromatic rings. The summed E-state index contributed by atoms with van der Waals surface area (Å²) in [7, 11) is 1.60. The van der Waals surface area contributed by atoms with Crippen LogP contribution in [0.15, 0.2) is 60.9 Å². The first-order valence-corrected chi connectivity index (χ1v) is 10.8. The van der Waals surface area contributed by atoms with Crippen molar-refractivity contribution in [1.29, 1.82) is 0 Å². The van der Waals surface area contributed by atoms with Gasteiger partial charge in [0, 0.05) is 28.0 Å². The number of methoxy groups -OCH3 is 1. The molecule has 4 rings (SSSR count). The maximum absolute atomic E-state index is 12.6. The third-order valence-electron chi connectivity index (χ3n) is 4.63. The van der Waals surface area contributed by atoms with Gasteiger partial charge < -0.3 is 14.8 Å². The number of ether oxygens (including phenoxy) is 2. The van der Waals surface area contributed by atoms with E-state index in [1.807, 2.05) is 0 Å². The lowest BCUT2D eigenvalue weighted by molar-refractivity contribution is 0.101. The van der Waals surface area contributed by atoms with Crippen LogP contribution in [0.5, 0.6) is 11.5 Å². The maximum atomic E-state index is 12.6. The van der Waals surface area contributed by atoms with Crippen LogP contribution in [0.25, 0.3) is 0 Å². The van der Waals surface area contributed by atoms with Gasteiger partial charge in [0.05, 0.1) is 13.7 Å². The van der Waals surface area contributed by atoms with Crippen LogP contribution in [0, 0.1) is 0 Å². The van der Waals surface area contributed by atoms with Crippen molar-refractivity contribution in [2.24, 2.45) is 0 Å². The van der Waals surface area contributed by atoms with Crippen molar-refractivity contribution >= 4 is 46.5 Å². The van der Waals surface area contributed by atoms with E-state index in [1.165, 1.54) is 4.68 Å². The molecular formula is C22H18Cl3N5O3. The molecule has 0 atom stereocenters. The Balaban J connectivity index is 1.38. The molecule has 170 valence electrons. The summed E-state index contributed by atoms with van der Waals surface area (Å²) in [5, 5.41) is 12.5. The van der Waals surface area contributed by atoms with Crippen LogP contribution in [0.1, 0.15) is 16.1 Å². The fourth-order valence-electron chi connectivity index (χ4n) is 2.95. The normalized spacial score (nSPS) is 10.8. The van der Waals surface area contributed by atoms with Crippen molar-refractivity contribution in [3.8, 4) is 11.5 Å². The minimum absolute atomic E-state index is 0.133. The van der Waals surface area contributed by atoms with Gasteiger partial charge in [-0.2, -0.15) is 10.2 Å². The van der Waals surface area contributed by atoms with Crippen LogP contribution >= 0.6 is 34.8 Å². The zero-order valence-electron chi connectivity index (χ0n) is 17.3. The van der Waals surface area contributed by atoms with Crippen LogP contribution in [0.4, 0.5) is 5.82 Å². The number of benzene rings is 2. The third kappa shape index (κ3) is 5.60. The van der Waals surface area contributed by atoms with Gasteiger partial charge in [-0.25, -0.2) is 4.68 Å². The minimum atomic E-state index is -0.457. The number of amides is 1. The molecule has 0 radical (unpaired) electrons. The van der Waals surface area contributed by atoms with Gasteiger partial charge >= 0.3 is 0 Å². The van der Waals surface area contributed by atoms with Gasteiger partial charge in [0.2, 0.25) is 0 Å². The molecule has 2 aromatic heterocycles. The standard InChI is InChI=1S/C22H18Cl3N5O3/c1-32-14-5-7-15(8-6-14)33-13-29-10-9-20(27-29)22(31)26-21-19(25)12-30(28-21)11-16-17(23)3-2-4-18(16)24/h2-10,12H,11,13H2,1H3,(H,26,28,31). The van der Waals surface area contributed by atoms with Crippen LogP contribution in [0.2, 0.25) is 15.1 Å². The van der Waals surface area contributed by atoms with Gasteiger partial charge in [-0.05, 0) is 42.5 Å². The molecule has 0 bridgehead atoms. The summed E-state index contributed by atoms with van der Waals surface area (Å²) < 4.78 is 13.8. The van der Waals surface area contributed by atoms with Crippen molar-refractivity contribution in [3.63, 3.8) is 0 Å². The Bertz CT molecular complexity index is 1250. The molecule has 2 heterocycles. The quantitative estimate of drug-likeness (QED) is 0.347. The second-order valence-electron chi connectivity index (χ2n) is 6.87. The first kappa shape index (κ1) is 23.0. The van der Waals surface area contributed by atoms with Crippen molar-refractivity contribution < 1.29 is 14.3 Å². The molecule has 0 aliphatic rings. The summed E-state index contributed by atoms with van der Waals surface area (Å²) in [4.78, 5) is 12.6. The molecule has 0 fully saturated rings. The number of halogens is 3. The molecule has 0 aliphatic carbocycles. The Morgan fingerprint density at radius 3 is 2.33 bits per heavy atom. The maximum Gasteiger partial charge on any atom is 0.277 e. The summed E-state index contributed by atoms with van der Waals surface area (Å²) >= 11 is 18.7. The van der Waals surface area contributed by atoms with E-state index in [4.69, 9.17) is 44.3 Å². The number of nitrogens with one attached hydrogen (secondary N) is 1. The van der Waals surface area contributed by atoms with Crippen molar-refractivity contribution in [3.05, 3.63) is 87.2 Å². The van der Waals surface area contributed by atoms with Gasteiger partial charge in [0.1, 0.15) is 16.5 Å². The summed E-state index contributed by atoms with van der Waals surface area (Å²) in [5.74, 6) is 1.12. The zero-order valence-corrected chi connectivity index (χ0v) is 19.6. The van der Waals surface area contributed by atoms with E-state index in [9.17, 15) is 4.79 Å². The van der Waals surface area contributed by atoms with Gasteiger partial charge in [-0.1, -0.05) is 40.9 Å². The number of hydrogen-bond acceptors (Lipinski definition) is 5. The molecule has 0 aliphatic heterocycles. The van der Waals surface area contributed by atoms with E-state index >= 15 is 0 Å². The first-order chi connectivity index (χ1) is 15.9. The summed E-state index contributed by atoms with van der Waals surface area (Å²) in [6.45, 7) is 0.430. The number of carbonyl (C=O) groups excluding carboxylic acids is 1. The van der Waals surface area contributed by atoms with Gasteiger partial charge in [0.15, 0.2) is 18.2 Å². The minimum Gasteiger partial charge on any atom is -0.497 e. The van der Waals surface area contributed by atoms with E-state index in [0.29, 0.717) is 27.9 Å². The molecule has 1 N–H and O–H groups in total. The molecule has 0 spiro atoms. The average molecular weight is 507 g/mol. The van der Waals surface area contributed by atoms with E-state index in [0.717, 1.165) is 5.75 Å². The molecule has 33 heavy (non-hydrogen) atoms. The summed E-state index contributed by atoms with van der Waals surface area (Å²) in [6.07, 6.45) is 3.22. The fraction of sp³-hybridized carbons (Fsp3) is 0.136. The second kappa shape index (κ2) is 10.2. The largest absolute Gasteiger partial charge is 0.497 e. The summed E-state index contributed by atoms with van der Waals surface area (Å²) in [6, 6.07) is 14.0. The molecule has 2 aromatic carbocycles. The van der Waals surface area contributed by atoms with Gasteiger partial charge in [0.25, 0.3) is 5.91 Å². The van der Waals surface area contributed by atoms with Crippen LogP contribution < -0.4 is 14.8 Å². The highest BCUT2D eigenvalue weighted by Gasteiger charge is 2.16. The fourth-order valence-corrected chi connectivity index (χ4v) is 3.66. The predicted octanol–water partition coefficient (Wildman–Crippen LogP) is 5.39. The third-order valence-corrected chi connectivity index (χ3v) is 5.61. The molecule has 11 heteroatoms. The highest BCUT2D eigenvalue weighted by atomic mass is 35.5. The number of nitrogens with zero attached hydrogens (tertiary/aromatic N) is 4. The van der Waals surface area contributed by atoms with Crippen molar-refractivity contribution in [1.82, 2.24) is 19.6 Å². The zero-order chi connectivity index (χ0) is 23.4. The van der Waals surface area contributed by atoms with E-state index in [-0.39, 0.29) is 23.3 Å². The monoisotopic (exact) mass is 505 g/mol. The highest BCUT2D eigenvalue weighted by Crippen LogP contribution is 2.27. The van der Waals surface area contributed by atoms with Crippen molar-refractivity contribution in [2.45, 2.75) is 13.3 Å². The Labute approximate surface area is 204 Å². The Hall–Kier alpha value is -3.20. The Morgan fingerprint density at radius 2 is 1.64 bits per heavy atom. The number of rotatable bonds is 8. The molecule has 0 saturated carbocycles. The molecule has 0 saturated heterocycles. The number of aromatic nitrogens is 4. The lowest BCUT2D eigenvalue weighted by Gasteiger charge is -2.07. The van der Waals surface area contributed by atoms with Crippen molar-refractivity contribution in [2.75, 3.05) is 12.4 Å². The molecule has 8 nitrogen and oxygen atoms in total. The predicted molar refractivity (Wildman–Crippen MR) is 127 cm³/mol. The van der Waals surface area contributed by atoms with E-state index in [2.05, 4.69) is 15.5 Å². The van der Waals surface area contributed by atoms with Gasteiger partial charge in [-0.3, -0.25) is 9.48 Å². The van der Waals surface area contributed by atoms with E-state index < -0.39 is 5.91 Å². The topological polar surface area (TPSA) is 83.2 Å². The number of carbonyl (C=O) groups is 1. The smallest absolute Gasteiger partial charge is 0.277 e. The lowest BCUT2D eigenvalue weighted by atomic mass is 10.2. The summed E-state index contributed by atoms with van der Waals surface area (Å²) in [5.41, 5.74) is 0.890.